The van der Waals surface area contributed by atoms with Gasteiger partial charge in [-0.2, -0.15) is 0 Å². The molecule has 1 aliphatic rings. The van der Waals surface area contributed by atoms with Gasteiger partial charge in [0, 0.05) is 29.3 Å². The Kier molecular flexibility index (Phi) is 3.79. The van der Waals surface area contributed by atoms with E-state index in [2.05, 4.69) is 53.0 Å². The third-order valence-electron chi connectivity index (χ3n) is 3.80. The molecular formula is C14H21BrN2. The second kappa shape index (κ2) is 4.99. The minimum atomic E-state index is 0.0737. The Labute approximate surface area is 112 Å². The van der Waals surface area contributed by atoms with E-state index in [1.165, 1.54) is 24.1 Å². The molecule has 3 heteroatoms. The molecule has 2 rings (SSSR count). The highest BCUT2D eigenvalue weighted by Crippen LogP contribution is 2.37. The van der Waals surface area contributed by atoms with Gasteiger partial charge in [0.25, 0.3) is 0 Å². The molecule has 1 fully saturated rings. The fraction of sp³-hybridized carbons (Fsp3) is 0.571. The summed E-state index contributed by atoms with van der Waals surface area (Å²) in [6, 6.07) is 7.17. The van der Waals surface area contributed by atoms with Gasteiger partial charge in [-0.15, -0.1) is 0 Å². The summed E-state index contributed by atoms with van der Waals surface area (Å²) in [4.78, 5) is 2.37. The Bertz CT molecular complexity index is 399. The molecule has 0 heterocycles. The molecule has 2 atom stereocenters. The second-order valence-corrected chi connectivity index (χ2v) is 6.04. The van der Waals surface area contributed by atoms with Gasteiger partial charge in [-0.3, -0.25) is 0 Å². The maximum atomic E-state index is 5.92. The summed E-state index contributed by atoms with van der Waals surface area (Å²) in [5.41, 5.74) is 8.35. The molecule has 0 saturated heterocycles. The predicted octanol–water partition coefficient (Wildman–Crippen LogP) is 3.70. The summed E-state index contributed by atoms with van der Waals surface area (Å²) in [5, 5.41) is 0. The SMILES string of the molecule is CC(C1CC1)N(C)c1ccc([C@@H](C)N)c(Br)c1. The van der Waals surface area contributed by atoms with Crippen molar-refractivity contribution in [3.8, 4) is 0 Å². The molecule has 17 heavy (non-hydrogen) atoms. The van der Waals surface area contributed by atoms with Gasteiger partial charge in [0.1, 0.15) is 0 Å². The monoisotopic (exact) mass is 296 g/mol. The Morgan fingerprint density at radius 1 is 1.35 bits per heavy atom. The van der Waals surface area contributed by atoms with Crippen molar-refractivity contribution in [2.24, 2.45) is 11.7 Å². The maximum absolute atomic E-state index is 5.92. The van der Waals surface area contributed by atoms with E-state index >= 15 is 0 Å². The zero-order chi connectivity index (χ0) is 12.6. The molecule has 1 aliphatic carbocycles. The van der Waals surface area contributed by atoms with E-state index in [1.54, 1.807) is 0 Å². The molecule has 94 valence electrons. The lowest BCUT2D eigenvalue weighted by molar-refractivity contribution is 0.609. The van der Waals surface area contributed by atoms with Gasteiger partial charge in [-0.1, -0.05) is 22.0 Å². The van der Waals surface area contributed by atoms with E-state index in [1.807, 2.05) is 6.92 Å². The molecule has 0 spiro atoms. The maximum Gasteiger partial charge on any atom is 0.0377 e. The van der Waals surface area contributed by atoms with E-state index in [0.29, 0.717) is 6.04 Å². The fourth-order valence-electron chi connectivity index (χ4n) is 2.23. The third kappa shape index (κ3) is 2.83. The van der Waals surface area contributed by atoms with Crippen LogP contribution in [0.25, 0.3) is 0 Å². The number of nitrogens with two attached hydrogens (primary N) is 1. The highest BCUT2D eigenvalue weighted by atomic mass is 79.9. The second-order valence-electron chi connectivity index (χ2n) is 5.18. The molecule has 0 bridgehead atoms. The predicted molar refractivity (Wildman–Crippen MR) is 77.3 cm³/mol. The van der Waals surface area contributed by atoms with Crippen LogP contribution in [0.15, 0.2) is 22.7 Å². The number of hydrogen-bond donors (Lipinski definition) is 1. The summed E-state index contributed by atoms with van der Waals surface area (Å²) >= 11 is 3.61. The number of benzene rings is 1. The minimum absolute atomic E-state index is 0.0737. The fourth-order valence-corrected chi connectivity index (χ4v) is 2.96. The van der Waals surface area contributed by atoms with Gasteiger partial charge in [-0.25, -0.2) is 0 Å². The van der Waals surface area contributed by atoms with Crippen molar-refractivity contribution < 1.29 is 0 Å². The van der Waals surface area contributed by atoms with Crippen LogP contribution >= 0.6 is 15.9 Å². The highest BCUT2D eigenvalue weighted by molar-refractivity contribution is 9.10. The zero-order valence-electron chi connectivity index (χ0n) is 10.8. The van der Waals surface area contributed by atoms with Gasteiger partial charge in [0.2, 0.25) is 0 Å². The summed E-state index contributed by atoms with van der Waals surface area (Å²) in [7, 11) is 2.18. The van der Waals surface area contributed by atoms with Crippen LogP contribution in [-0.4, -0.2) is 13.1 Å². The first kappa shape index (κ1) is 12.9. The zero-order valence-corrected chi connectivity index (χ0v) is 12.4. The summed E-state index contributed by atoms with van der Waals surface area (Å²) in [5.74, 6) is 0.881. The first-order valence-electron chi connectivity index (χ1n) is 6.28. The summed E-state index contributed by atoms with van der Waals surface area (Å²) < 4.78 is 1.11. The van der Waals surface area contributed by atoms with Crippen molar-refractivity contribution in [1.82, 2.24) is 0 Å². The first-order chi connectivity index (χ1) is 8.00. The van der Waals surface area contributed by atoms with Crippen LogP contribution in [-0.2, 0) is 0 Å². The van der Waals surface area contributed by atoms with Crippen molar-refractivity contribution in [3.63, 3.8) is 0 Å². The number of hydrogen-bond acceptors (Lipinski definition) is 2. The van der Waals surface area contributed by atoms with Crippen molar-refractivity contribution >= 4 is 21.6 Å². The van der Waals surface area contributed by atoms with Crippen LogP contribution in [0, 0.1) is 5.92 Å². The summed E-state index contributed by atoms with van der Waals surface area (Å²) in [6.07, 6.45) is 2.76. The Morgan fingerprint density at radius 2 is 2.00 bits per heavy atom. The quantitative estimate of drug-likeness (QED) is 0.918. The molecule has 2 nitrogen and oxygen atoms in total. The largest absolute Gasteiger partial charge is 0.372 e. The first-order valence-corrected chi connectivity index (χ1v) is 7.08. The lowest BCUT2D eigenvalue weighted by Gasteiger charge is -2.27. The van der Waals surface area contributed by atoms with Gasteiger partial charge in [-0.05, 0) is 50.3 Å². The molecule has 0 radical (unpaired) electrons. The van der Waals surface area contributed by atoms with Crippen LogP contribution in [0.1, 0.15) is 38.3 Å². The van der Waals surface area contributed by atoms with Gasteiger partial charge in [0.15, 0.2) is 0 Å². The molecule has 2 N–H and O–H groups in total. The average molecular weight is 297 g/mol. The number of rotatable bonds is 4. The van der Waals surface area contributed by atoms with Crippen LogP contribution < -0.4 is 10.6 Å². The lowest BCUT2D eigenvalue weighted by atomic mass is 10.1. The Balaban J connectivity index is 2.18. The number of halogens is 1. The average Bonchev–Trinajstić information content (AvgIpc) is 3.10. The molecule has 1 unspecified atom stereocenters. The van der Waals surface area contributed by atoms with Crippen molar-refractivity contribution in [1.29, 1.82) is 0 Å². The van der Waals surface area contributed by atoms with Crippen LogP contribution in [0.5, 0.6) is 0 Å². The van der Waals surface area contributed by atoms with Crippen LogP contribution in [0.3, 0.4) is 0 Å². The molecule has 0 aliphatic heterocycles. The standard InChI is InChI=1S/C14H21BrN2/c1-9(16)13-7-6-12(8-14(13)15)17(3)10(2)11-4-5-11/h6-11H,4-5,16H2,1-3H3/t9-,10?/m1/s1. The highest BCUT2D eigenvalue weighted by Gasteiger charge is 2.30. The van der Waals surface area contributed by atoms with E-state index in [-0.39, 0.29) is 6.04 Å². The molecule has 1 aromatic carbocycles. The molecule has 0 amide bonds. The molecule has 0 aromatic heterocycles. The lowest BCUT2D eigenvalue weighted by Crippen LogP contribution is -2.30. The smallest absolute Gasteiger partial charge is 0.0377 e. The minimum Gasteiger partial charge on any atom is -0.372 e. The van der Waals surface area contributed by atoms with E-state index in [9.17, 15) is 0 Å². The van der Waals surface area contributed by atoms with Crippen molar-refractivity contribution in [3.05, 3.63) is 28.2 Å². The van der Waals surface area contributed by atoms with Crippen LogP contribution in [0.2, 0.25) is 0 Å². The Hall–Kier alpha value is -0.540. The van der Waals surface area contributed by atoms with Gasteiger partial charge in [0.05, 0.1) is 0 Å². The van der Waals surface area contributed by atoms with Crippen molar-refractivity contribution in [2.75, 3.05) is 11.9 Å². The van der Waals surface area contributed by atoms with Gasteiger partial charge < -0.3 is 10.6 Å². The van der Waals surface area contributed by atoms with Crippen molar-refractivity contribution in [2.45, 2.75) is 38.8 Å². The number of nitrogens with zero attached hydrogens (tertiary/aromatic N) is 1. The Morgan fingerprint density at radius 3 is 2.47 bits per heavy atom. The third-order valence-corrected chi connectivity index (χ3v) is 4.48. The van der Waals surface area contributed by atoms with Gasteiger partial charge >= 0.3 is 0 Å². The normalized spacial score (nSPS) is 18.9. The van der Waals surface area contributed by atoms with E-state index in [4.69, 9.17) is 5.73 Å². The molecule has 1 aromatic rings. The summed E-state index contributed by atoms with van der Waals surface area (Å²) in [6.45, 7) is 4.32. The molecule has 1 saturated carbocycles. The topological polar surface area (TPSA) is 29.3 Å². The van der Waals surface area contributed by atoms with Crippen LogP contribution in [0.4, 0.5) is 5.69 Å². The molecular weight excluding hydrogens is 276 g/mol. The number of anilines is 1. The van der Waals surface area contributed by atoms with E-state index in [0.717, 1.165) is 10.4 Å². The van der Waals surface area contributed by atoms with E-state index < -0.39 is 0 Å².